The molecular weight excluding hydrogens is 220 g/mol. The minimum Gasteiger partial charge on any atom is -0.478 e. The Bertz CT molecular complexity index is 311. The van der Waals surface area contributed by atoms with Crippen molar-refractivity contribution in [3.8, 4) is 0 Å². The van der Waals surface area contributed by atoms with Gasteiger partial charge >= 0.3 is 5.97 Å². The van der Waals surface area contributed by atoms with Crippen molar-refractivity contribution < 1.29 is 14.6 Å². The highest BCUT2D eigenvalue weighted by Crippen LogP contribution is 2.25. The summed E-state index contributed by atoms with van der Waals surface area (Å²) in [6.07, 6.45) is 2.45. The number of aliphatic carboxylic acids is 1. The number of hydrogen-bond donors (Lipinski definition) is 3. The molecule has 2 unspecified atom stereocenters. The Morgan fingerprint density at radius 3 is 2.59 bits per heavy atom. The molecule has 0 aromatic rings. The normalized spacial score (nSPS) is 25.4. The van der Waals surface area contributed by atoms with Crippen LogP contribution >= 0.6 is 0 Å². The predicted octanol–water partition coefficient (Wildman–Crippen LogP) is 0.979. The summed E-state index contributed by atoms with van der Waals surface area (Å²) in [7, 11) is 0. The lowest BCUT2D eigenvalue weighted by atomic mass is 9.90. The summed E-state index contributed by atoms with van der Waals surface area (Å²) in [5, 5.41) is 9.04. The van der Waals surface area contributed by atoms with E-state index in [0.717, 1.165) is 12.8 Å². The van der Waals surface area contributed by atoms with Crippen molar-refractivity contribution in [2.75, 3.05) is 0 Å². The first-order valence-corrected chi connectivity index (χ1v) is 6.12. The van der Waals surface area contributed by atoms with Crippen LogP contribution in [0.3, 0.4) is 0 Å². The summed E-state index contributed by atoms with van der Waals surface area (Å²) in [6.45, 7) is 4.07. The zero-order chi connectivity index (χ0) is 13.0. The quantitative estimate of drug-likeness (QED) is 0.667. The maximum absolute atomic E-state index is 11.0. The lowest BCUT2D eigenvalue weighted by molar-refractivity contribution is -0.133. The average Bonchev–Trinajstić information content (AvgIpc) is 2.29. The SMILES string of the molecule is CCC(CC)OC1CC(N)CC(C(=O)O)=C1N. The van der Waals surface area contributed by atoms with Crippen LogP contribution < -0.4 is 11.5 Å². The smallest absolute Gasteiger partial charge is 0.333 e. The number of nitrogens with two attached hydrogens (primary N) is 2. The van der Waals surface area contributed by atoms with Gasteiger partial charge in [-0.1, -0.05) is 13.8 Å². The number of ether oxygens (including phenoxy) is 1. The van der Waals surface area contributed by atoms with Gasteiger partial charge in [-0.2, -0.15) is 0 Å². The summed E-state index contributed by atoms with van der Waals surface area (Å²) in [4.78, 5) is 11.0. The number of carbonyl (C=O) groups is 1. The molecule has 0 spiro atoms. The molecule has 1 rings (SSSR count). The van der Waals surface area contributed by atoms with Crippen LogP contribution in [0, 0.1) is 0 Å². The van der Waals surface area contributed by atoms with Crippen molar-refractivity contribution in [2.24, 2.45) is 11.5 Å². The maximum atomic E-state index is 11.0. The molecule has 0 radical (unpaired) electrons. The number of hydrogen-bond acceptors (Lipinski definition) is 4. The fraction of sp³-hybridized carbons (Fsp3) is 0.750. The Hall–Kier alpha value is -1.07. The maximum Gasteiger partial charge on any atom is 0.333 e. The van der Waals surface area contributed by atoms with Gasteiger partial charge in [0.1, 0.15) is 0 Å². The highest BCUT2D eigenvalue weighted by atomic mass is 16.5. The lowest BCUT2D eigenvalue weighted by Gasteiger charge is -2.31. The Balaban J connectivity index is 2.83. The zero-order valence-electron chi connectivity index (χ0n) is 10.5. The van der Waals surface area contributed by atoms with Crippen molar-refractivity contribution in [1.29, 1.82) is 0 Å². The summed E-state index contributed by atoms with van der Waals surface area (Å²) >= 11 is 0. The highest BCUT2D eigenvalue weighted by Gasteiger charge is 2.30. The third-order valence-electron chi connectivity index (χ3n) is 3.20. The molecule has 0 aliphatic heterocycles. The van der Waals surface area contributed by atoms with Crippen LogP contribution in [0.5, 0.6) is 0 Å². The summed E-state index contributed by atoms with van der Waals surface area (Å²) in [5.74, 6) is -0.990. The van der Waals surface area contributed by atoms with Gasteiger partial charge in [-0.15, -0.1) is 0 Å². The van der Waals surface area contributed by atoms with Gasteiger partial charge in [0.05, 0.1) is 17.8 Å². The minimum absolute atomic E-state index is 0.110. The van der Waals surface area contributed by atoms with E-state index in [2.05, 4.69) is 0 Å². The molecule has 1 aliphatic rings. The first-order valence-electron chi connectivity index (χ1n) is 6.12. The van der Waals surface area contributed by atoms with Crippen LogP contribution in [0.4, 0.5) is 0 Å². The van der Waals surface area contributed by atoms with Gasteiger partial charge in [-0.3, -0.25) is 0 Å². The molecule has 0 aromatic carbocycles. The van der Waals surface area contributed by atoms with E-state index >= 15 is 0 Å². The average molecular weight is 242 g/mol. The van der Waals surface area contributed by atoms with Crippen molar-refractivity contribution in [2.45, 2.75) is 57.8 Å². The van der Waals surface area contributed by atoms with Gasteiger partial charge in [0, 0.05) is 11.7 Å². The van der Waals surface area contributed by atoms with E-state index in [1.165, 1.54) is 0 Å². The largest absolute Gasteiger partial charge is 0.478 e. The molecule has 98 valence electrons. The van der Waals surface area contributed by atoms with Crippen LogP contribution in [0.1, 0.15) is 39.5 Å². The van der Waals surface area contributed by atoms with Crippen molar-refractivity contribution >= 4 is 5.97 Å². The third kappa shape index (κ3) is 3.44. The first-order chi connectivity index (χ1) is 7.99. The molecule has 5 nitrogen and oxygen atoms in total. The molecule has 1 aliphatic carbocycles. The first kappa shape index (κ1) is 14.0. The summed E-state index contributed by atoms with van der Waals surface area (Å²) < 4.78 is 5.83. The Labute approximate surface area is 102 Å². The fourth-order valence-corrected chi connectivity index (χ4v) is 2.11. The van der Waals surface area contributed by atoms with Crippen molar-refractivity contribution in [1.82, 2.24) is 0 Å². The molecule has 0 saturated heterocycles. The van der Waals surface area contributed by atoms with Gasteiger partial charge < -0.3 is 21.3 Å². The molecular formula is C12H22N2O3. The van der Waals surface area contributed by atoms with Crippen molar-refractivity contribution in [3.63, 3.8) is 0 Å². The van der Waals surface area contributed by atoms with E-state index in [-0.39, 0.29) is 23.8 Å². The van der Waals surface area contributed by atoms with Crippen LogP contribution in [0.2, 0.25) is 0 Å². The van der Waals surface area contributed by atoms with E-state index < -0.39 is 5.97 Å². The molecule has 0 heterocycles. The van der Waals surface area contributed by atoms with E-state index in [0.29, 0.717) is 18.5 Å². The number of carboxylic acid groups (broad SMARTS) is 1. The second-order valence-electron chi connectivity index (χ2n) is 4.50. The lowest BCUT2D eigenvalue weighted by Crippen LogP contribution is -2.40. The fourth-order valence-electron chi connectivity index (χ4n) is 2.11. The van der Waals surface area contributed by atoms with E-state index in [9.17, 15) is 4.79 Å². The predicted molar refractivity (Wildman–Crippen MR) is 65.3 cm³/mol. The molecule has 17 heavy (non-hydrogen) atoms. The van der Waals surface area contributed by atoms with Crippen molar-refractivity contribution in [3.05, 3.63) is 11.3 Å². The molecule has 0 amide bonds. The Morgan fingerprint density at radius 2 is 2.12 bits per heavy atom. The standard InChI is InChI=1S/C12H22N2O3/c1-3-8(4-2)17-10-6-7(13)5-9(11(10)14)12(15)16/h7-8,10H,3-6,13-14H2,1-2H3,(H,15,16). The van der Waals surface area contributed by atoms with Gasteiger partial charge in [0.2, 0.25) is 0 Å². The van der Waals surface area contributed by atoms with Crippen LogP contribution in [-0.4, -0.2) is 29.3 Å². The molecule has 0 bridgehead atoms. The monoisotopic (exact) mass is 242 g/mol. The Kier molecular flexibility index (Phi) is 4.96. The number of carboxylic acids is 1. The molecule has 0 aromatic heterocycles. The van der Waals surface area contributed by atoms with Gasteiger partial charge in [0.25, 0.3) is 0 Å². The second-order valence-corrected chi connectivity index (χ2v) is 4.50. The second kappa shape index (κ2) is 6.02. The Morgan fingerprint density at radius 1 is 1.53 bits per heavy atom. The number of rotatable bonds is 5. The minimum atomic E-state index is -0.990. The van der Waals surface area contributed by atoms with E-state index in [1.807, 2.05) is 13.8 Å². The molecule has 5 N–H and O–H groups in total. The highest BCUT2D eigenvalue weighted by molar-refractivity contribution is 5.88. The molecule has 5 heteroatoms. The van der Waals surface area contributed by atoms with Gasteiger partial charge in [-0.25, -0.2) is 4.79 Å². The molecule has 0 saturated carbocycles. The zero-order valence-corrected chi connectivity index (χ0v) is 10.5. The van der Waals surface area contributed by atoms with Crippen LogP contribution in [0.15, 0.2) is 11.3 Å². The van der Waals surface area contributed by atoms with Gasteiger partial charge in [-0.05, 0) is 25.7 Å². The molecule has 2 atom stereocenters. The van der Waals surface area contributed by atoms with E-state index in [1.54, 1.807) is 0 Å². The van der Waals surface area contributed by atoms with Gasteiger partial charge in [0.15, 0.2) is 0 Å². The van der Waals surface area contributed by atoms with Crippen LogP contribution in [-0.2, 0) is 9.53 Å². The van der Waals surface area contributed by atoms with Crippen LogP contribution in [0.25, 0.3) is 0 Å². The summed E-state index contributed by atoms with van der Waals surface area (Å²) in [6, 6.07) is -0.187. The summed E-state index contributed by atoms with van der Waals surface area (Å²) in [5.41, 5.74) is 12.3. The molecule has 0 fully saturated rings. The topological polar surface area (TPSA) is 98.6 Å². The van der Waals surface area contributed by atoms with E-state index in [4.69, 9.17) is 21.3 Å². The third-order valence-corrected chi connectivity index (χ3v) is 3.20.